The highest BCUT2D eigenvalue weighted by molar-refractivity contribution is 5.97. The summed E-state index contributed by atoms with van der Waals surface area (Å²) in [4.78, 5) is 12.0. The lowest BCUT2D eigenvalue weighted by atomic mass is 10.00. The molecule has 0 aromatic heterocycles. The first kappa shape index (κ1) is 19.1. The van der Waals surface area contributed by atoms with Crippen LogP contribution >= 0.6 is 0 Å². The minimum atomic E-state index is -5.01. The Bertz CT molecular complexity index is 539. The molecule has 9 heteroatoms. The van der Waals surface area contributed by atoms with Crippen LogP contribution < -0.4 is 10.1 Å². The third kappa shape index (κ3) is 6.79. The van der Waals surface area contributed by atoms with Gasteiger partial charge in [0, 0.05) is 6.04 Å². The molecule has 0 saturated carbocycles. The first-order chi connectivity index (χ1) is 10.4. The number of nitrogens with one attached hydrogen (secondary N) is 1. The SMILES string of the molecule is CC(C)[C@@H](CC(F)(F)F)NC(=O)c1ccccc1OC(F)(F)F. The molecule has 0 saturated heterocycles. The Morgan fingerprint density at radius 2 is 1.70 bits per heavy atom. The molecule has 23 heavy (non-hydrogen) atoms. The first-order valence-electron chi connectivity index (χ1n) is 6.61. The van der Waals surface area contributed by atoms with Gasteiger partial charge in [0.05, 0.1) is 12.0 Å². The van der Waals surface area contributed by atoms with E-state index >= 15 is 0 Å². The largest absolute Gasteiger partial charge is 0.573 e. The van der Waals surface area contributed by atoms with Crippen molar-refractivity contribution in [2.45, 2.75) is 38.8 Å². The Balaban J connectivity index is 2.96. The molecule has 0 aliphatic rings. The van der Waals surface area contributed by atoms with Crippen molar-refractivity contribution in [3.63, 3.8) is 0 Å². The van der Waals surface area contributed by atoms with Crippen LogP contribution in [0.2, 0.25) is 0 Å². The number of amides is 1. The molecule has 0 unspecified atom stereocenters. The van der Waals surface area contributed by atoms with Gasteiger partial charge in [0.15, 0.2) is 0 Å². The van der Waals surface area contributed by atoms with E-state index in [4.69, 9.17) is 0 Å². The summed E-state index contributed by atoms with van der Waals surface area (Å²) >= 11 is 0. The van der Waals surface area contributed by atoms with Crippen LogP contribution in [0.3, 0.4) is 0 Å². The molecule has 3 nitrogen and oxygen atoms in total. The van der Waals surface area contributed by atoms with Gasteiger partial charge in [-0.2, -0.15) is 13.2 Å². The Morgan fingerprint density at radius 1 is 1.13 bits per heavy atom. The van der Waals surface area contributed by atoms with Gasteiger partial charge in [-0.25, -0.2) is 0 Å². The number of para-hydroxylation sites is 1. The van der Waals surface area contributed by atoms with Crippen LogP contribution in [0.4, 0.5) is 26.3 Å². The number of carbonyl (C=O) groups is 1. The molecule has 0 bridgehead atoms. The van der Waals surface area contributed by atoms with Crippen LogP contribution in [0.25, 0.3) is 0 Å². The summed E-state index contributed by atoms with van der Waals surface area (Å²) in [6.45, 7) is 2.93. The zero-order valence-corrected chi connectivity index (χ0v) is 12.3. The summed E-state index contributed by atoms with van der Waals surface area (Å²) in [6, 6.07) is 3.19. The Kier molecular flexibility index (Phi) is 5.90. The van der Waals surface area contributed by atoms with E-state index in [-0.39, 0.29) is 0 Å². The van der Waals surface area contributed by atoms with E-state index in [0.717, 1.165) is 12.1 Å². The van der Waals surface area contributed by atoms with Gasteiger partial charge in [-0.1, -0.05) is 26.0 Å². The van der Waals surface area contributed by atoms with Crippen LogP contribution in [0.5, 0.6) is 5.75 Å². The third-order valence-corrected chi connectivity index (χ3v) is 2.93. The van der Waals surface area contributed by atoms with E-state index in [2.05, 4.69) is 10.1 Å². The number of rotatable bonds is 5. The molecule has 1 aromatic carbocycles. The Morgan fingerprint density at radius 3 is 2.17 bits per heavy atom. The lowest BCUT2D eigenvalue weighted by Crippen LogP contribution is -2.41. The maximum absolute atomic E-state index is 12.5. The van der Waals surface area contributed by atoms with Gasteiger partial charge in [0.1, 0.15) is 5.75 Å². The Hall–Kier alpha value is -1.93. The van der Waals surface area contributed by atoms with E-state index in [1.165, 1.54) is 26.0 Å². The van der Waals surface area contributed by atoms with Gasteiger partial charge >= 0.3 is 12.5 Å². The number of benzene rings is 1. The zero-order valence-electron chi connectivity index (χ0n) is 12.3. The fraction of sp³-hybridized carbons (Fsp3) is 0.500. The van der Waals surface area contributed by atoms with Gasteiger partial charge in [-0.3, -0.25) is 4.79 Å². The second kappa shape index (κ2) is 7.10. The molecule has 0 fully saturated rings. The highest BCUT2D eigenvalue weighted by atomic mass is 19.4. The summed E-state index contributed by atoms with van der Waals surface area (Å²) in [5.41, 5.74) is -0.488. The fourth-order valence-corrected chi connectivity index (χ4v) is 1.82. The minimum Gasteiger partial charge on any atom is -0.405 e. The average molecular weight is 343 g/mol. The maximum atomic E-state index is 12.5. The standard InChI is InChI=1S/C14H15F6NO2/c1-8(2)10(7-13(15,16)17)21-12(22)9-5-3-4-6-11(9)23-14(18,19)20/h3-6,8,10H,7H2,1-2H3,(H,21,22)/t10-/m1/s1. The molecular weight excluding hydrogens is 328 g/mol. The summed E-state index contributed by atoms with van der Waals surface area (Å²) in [6.07, 6.45) is -10.8. The predicted octanol–water partition coefficient (Wildman–Crippen LogP) is 4.29. The van der Waals surface area contributed by atoms with Crippen molar-refractivity contribution in [1.29, 1.82) is 0 Å². The van der Waals surface area contributed by atoms with E-state index < -0.39 is 48.1 Å². The lowest BCUT2D eigenvalue weighted by Gasteiger charge is -2.24. The molecule has 1 atom stereocenters. The number of carbonyl (C=O) groups excluding carboxylic acids is 1. The molecular formula is C14H15F6NO2. The van der Waals surface area contributed by atoms with Gasteiger partial charge in [-0.15, -0.1) is 13.2 Å². The second-order valence-corrected chi connectivity index (χ2v) is 5.19. The number of hydrogen-bond acceptors (Lipinski definition) is 2. The van der Waals surface area contributed by atoms with Crippen LogP contribution in [0.1, 0.15) is 30.6 Å². The number of alkyl halides is 6. The summed E-state index contributed by atoms with van der Waals surface area (Å²) in [7, 11) is 0. The molecule has 0 aliphatic heterocycles. The van der Waals surface area contributed by atoms with Crippen molar-refractivity contribution in [2.75, 3.05) is 0 Å². The van der Waals surface area contributed by atoms with Gasteiger partial charge in [0.25, 0.3) is 5.91 Å². The normalized spacial score (nSPS) is 13.8. The second-order valence-electron chi connectivity index (χ2n) is 5.19. The van der Waals surface area contributed by atoms with Crippen LogP contribution in [-0.2, 0) is 0 Å². The smallest absolute Gasteiger partial charge is 0.405 e. The van der Waals surface area contributed by atoms with Crippen LogP contribution in [0.15, 0.2) is 24.3 Å². The van der Waals surface area contributed by atoms with E-state index in [1.807, 2.05) is 0 Å². The number of hydrogen-bond donors (Lipinski definition) is 1. The fourth-order valence-electron chi connectivity index (χ4n) is 1.82. The highest BCUT2D eigenvalue weighted by Gasteiger charge is 2.36. The molecule has 0 heterocycles. The van der Waals surface area contributed by atoms with Gasteiger partial charge < -0.3 is 10.1 Å². The third-order valence-electron chi connectivity index (χ3n) is 2.93. The quantitative estimate of drug-likeness (QED) is 0.810. The lowest BCUT2D eigenvalue weighted by molar-refractivity contribution is -0.274. The van der Waals surface area contributed by atoms with Gasteiger partial charge in [0.2, 0.25) is 0 Å². The van der Waals surface area contributed by atoms with Crippen molar-refractivity contribution < 1.29 is 35.9 Å². The molecule has 0 spiro atoms. The van der Waals surface area contributed by atoms with Crippen molar-refractivity contribution in [1.82, 2.24) is 5.32 Å². The van der Waals surface area contributed by atoms with Gasteiger partial charge in [-0.05, 0) is 18.1 Å². The maximum Gasteiger partial charge on any atom is 0.573 e. The summed E-state index contributed by atoms with van der Waals surface area (Å²) in [5.74, 6) is -2.39. The average Bonchev–Trinajstić information content (AvgIpc) is 2.34. The molecule has 0 aliphatic carbocycles. The van der Waals surface area contributed by atoms with E-state index in [9.17, 15) is 31.1 Å². The van der Waals surface area contributed by atoms with Crippen molar-refractivity contribution in [2.24, 2.45) is 5.92 Å². The van der Waals surface area contributed by atoms with Crippen molar-refractivity contribution in [3.8, 4) is 5.75 Å². The molecule has 1 aromatic rings. The zero-order chi connectivity index (χ0) is 17.8. The molecule has 1 rings (SSSR count). The van der Waals surface area contributed by atoms with E-state index in [0.29, 0.717) is 0 Å². The van der Waals surface area contributed by atoms with E-state index in [1.54, 1.807) is 0 Å². The van der Waals surface area contributed by atoms with Crippen molar-refractivity contribution in [3.05, 3.63) is 29.8 Å². The minimum absolute atomic E-state index is 0.488. The topological polar surface area (TPSA) is 38.3 Å². The highest BCUT2D eigenvalue weighted by Crippen LogP contribution is 2.28. The van der Waals surface area contributed by atoms with Crippen LogP contribution in [0, 0.1) is 5.92 Å². The summed E-state index contributed by atoms with van der Waals surface area (Å²) < 4.78 is 78.1. The summed E-state index contributed by atoms with van der Waals surface area (Å²) in [5, 5.41) is 2.11. The molecule has 1 amide bonds. The number of halogens is 6. The molecule has 1 N–H and O–H groups in total. The van der Waals surface area contributed by atoms with Crippen LogP contribution in [-0.4, -0.2) is 24.5 Å². The molecule has 130 valence electrons. The van der Waals surface area contributed by atoms with Crippen molar-refractivity contribution >= 4 is 5.91 Å². The predicted molar refractivity (Wildman–Crippen MR) is 69.9 cm³/mol. The Labute approximate surface area is 128 Å². The number of ether oxygens (including phenoxy) is 1. The first-order valence-corrected chi connectivity index (χ1v) is 6.61. The molecule has 0 radical (unpaired) electrons. The monoisotopic (exact) mass is 343 g/mol.